The lowest BCUT2D eigenvalue weighted by atomic mass is 9.93. The number of hydrogen-bond acceptors (Lipinski definition) is 3. The number of unbranched alkanes of at least 4 members (excludes halogenated alkanes) is 1. The lowest BCUT2D eigenvalue weighted by Gasteiger charge is -2.22. The molecule has 1 atom stereocenters. The Balaban J connectivity index is 2.99. The molecule has 0 aliphatic heterocycles. The van der Waals surface area contributed by atoms with Crippen LogP contribution in [0.2, 0.25) is 0 Å². The highest BCUT2D eigenvalue weighted by atomic mass is 16.5. The monoisotopic (exact) mass is 362 g/mol. The molecule has 0 saturated heterocycles. The standard InChI is InChI=1S/C21H34N2O3/c1-7-9-13-18(20(24)26-8-2)22-21(25)23-19-16(14(3)4)11-10-12-17(19)15(5)6/h10-12,14-15,18H,7-9,13H2,1-6H3,(H2,22,23,25). The number of esters is 1. The van der Waals surface area contributed by atoms with E-state index in [9.17, 15) is 9.59 Å². The van der Waals surface area contributed by atoms with Crippen LogP contribution in [0.15, 0.2) is 18.2 Å². The number of nitrogens with one attached hydrogen (secondary N) is 2. The third-order valence-corrected chi connectivity index (χ3v) is 4.33. The summed E-state index contributed by atoms with van der Waals surface area (Å²) in [5, 5.41) is 5.78. The third kappa shape index (κ3) is 6.36. The van der Waals surface area contributed by atoms with E-state index in [1.807, 2.05) is 18.2 Å². The SMILES string of the molecule is CCCCC(NC(=O)Nc1c(C(C)C)cccc1C(C)C)C(=O)OCC. The van der Waals surface area contributed by atoms with Gasteiger partial charge < -0.3 is 15.4 Å². The Morgan fingerprint density at radius 1 is 1.04 bits per heavy atom. The quantitative estimate of drug-likeness (QED) is 0.595. The number of hydrogen-bond donors (Lipinski definition) is 2. The highest BCUT2D eigenvalue weighted by molar-refractivity contribution is 5.94. The van der Waals surface area contributed by atoms with Gasteiger partial charge in [-0.3, -0.25) is 0 Å². The summed E-state index contributed by atoms with van der Waals surface area (Å²) in [6.45, 7) is 12.5. The second-order valence-electron chi connectivity index (χ2n) is 7.17. The summed E-state index contributed by atoms with van der Waals surface area (Å²) in [5.74, 6) is 0.187. The van der Waals surface area contributed by atoms with Gasteiger partial charge in [0.1, 0.15) is 6.04 Å². The third-order valence-electron chi connectivity index (χ3n) is 4.33. The van der Waals surface area contributed by atoms with Gasteiger partial charge >= 0.3 is 12.0 Å². The second kappa shape index (κ2) is 10.8. The molecule has 0 spiro atoms. The molecule has 0 aliphatic rings. The molecule has 0 saturated carbocycles. The molecular formula is C21H34N2O3. The molecule has 5 heteroatoms. The van der Waals surface area contributed by atoms with Gasteiger partial charge in [-0.2, -0.15) is 0 Å². The summed E-state index contributed by atoms with van der Waals surface area (Å²) in [4.78, 5) is 24.7. The van der Waals surface area contributed by atoms with Crippen LogP contribution in [-0.4, -0.2) is 24.6 Å². The van der Waals surface area contributed by atoms with E-state index in [4.69, 9.17) is 4.74 Å². The largest absolute Gasteiger partial charge is 0.464 e. The normalized spacial score (nSPS) is 12.2. The smallest absolute Gasteiger partial charge is 0.328 e. The fraction of sp³-hybridized carbons (Fsp3) is 0.619. The minimum Gasteiger partial charge on any atom is -0.464 e. The summed E-state index contributed by atoms with van der Waals surface area (Å²) < 4.78 is 5.09. The molecule has 5 nitrogen and oxygen atoms in total. The van der Waals surface area contributed by atoms with Crippen LogP contribution in [0.5, 0.6) is 0 Å². The van der Waals surface area contributed by atoms with Gasteiger partial charge in [-0.1, -0.05) is 65.7 Å². The zero-order chi connectivity index (χ0) is 19.7. The Labute approximate surface area is 157 Å². The van der Waals surface area contributed by atoms with Crippen LogP contribution in [0.3, 0.4) is 0 Å². The Hall–Kier alpha value is -2.04. The van der Waals surface area contributed by atoms with Crippen molar-refractivity contribution in [1.29, 1.82) is 0 Å². The van der Waals surface area contributed by atoms with E-state index in [1.54, 1.807) is 6.92 Å². The Morgan fingerprint density at radius 3 is 2.08 bits per heavy atom. The van der Waals surface area contributed by atoms with Gasteiger partial charge in [0.15, 0.2) is 0 Å². The molecule has 2 N–H and O–H groups in total. The van der Waals surface area contributed by atoms with Crippen molar-refractivity contribution in [2.24, 2.45) is 0 Å². The molecule has 0 radical (unpaired) electrons. The van der Waals surface area contributed by atoms with Crippen LogP contribution in [0, 0.1) is 0 Å². The molecule has 1 aromatic carbocycles. The van der Waals surface area contributed by atoms with Gasteiger partial charge in [0, 0.05) is 5.69 Å². The fourth-order valence-corrected chi connectivity index (χ4v) is 2.90. The molecule has 0 aromatic heterocycles. The summed E-state index contributed by atoms with van der Waals surface area (Å²) in [7, 11) is 0. The average molecular weight is 363 g/mol. The van der Waals surface area contributed by atoms with Crippen LogP contribution in [0.25, 0.3) is 0 Å². The Kier molecular flexibility index (Phi) is 9.17. The van der Waals surface area contributed by atoms with E-state index in [-0.39, 0.29) is 23.8 Å². The van der Waals surface area contributed by atoms with Gasteiger partial charge in [-0.15, -0.1) is 0 Å². The number of carbonyl (C=O) groups excluding carboxylic acids is 2. The van der Waals surface area contributed by atoms with E-state index in [0.29, 0.717) is 13.0 Å². The summed E-state index contributed by atoms with van der Waals surface area (Å²) in [5.41, 5.74) is 3.02. The number of urea groups is 1. The highest BCUT2D eigenvalue weighted by Crippen LogP contribution is 2.32. The molecule has 0 heterocycles. The van der Waals surface area contributed by atoms with Crippen molar-refractivity contribution in [2.75, 3.05) is 11.9 Å². The topological polar surface area (TPSA) is 67.4 Å². The van der Waals surface area contributed by atoms with E-state index >= 15 is 0 Å². The molecular weight excluding hydrogens is 328 g/mol. The zero-order valence-corrected chi connectivity index (χ0v) is 17.0. The molecule has 1 rings (SSSR count). The van der Waals surface area contributed by atoms with Gasteiger partial charge in [0.2, 0.25) is 0 Å². The molecule has 1 aromatic rings. The van der Waals surface area contributed by atoms with Crippen LogP contribution in [-0.2, 0) is 9.53 Å². The zero-order valence-electron chi connectivity index (χ0n) is 17.0. The number of carbonyl (C=O) groups is 2. The van der Waals surface area contributed by atoms with Crippen molar-refractivity contribution in [1.82, 2.24) is 5.32 Å². The number of anilines is 1. The minimum atomic E-state index is -0.622. The van der Waals surface area contributed by atoms with E-state index in [0.717, 1.165) is 29.7 Å². The predicted molar refractivity (Wildman–Crippen MR) is 107 cm³/mol. The van der Waals surface area contributed by atoms with Crippen molar-refractivity contribution < 1.29 is 14.3 Å². The van der Waals surface area contributed by atoms with E-state index in [1.165, 1.54) is 0 Å². The van der Waals surface area contributed by atoms with Crippen molar-refractivity contribution in [2.45, 2.75) is 78.7 Å². The maximum Gasteiger partial charge on any atom is 0.328 e. The van der Waals surface area contributed by atoms with Crippen LogP contribution in [0.1, 0.15) is 83.8 Å². The molecule has 1 unspecified atom stereocenters. The Morgan fingerprint density at radius 2 is 1.62 bits per heavy atom. The highest BCUT2D eigenvalue weighted by Gasteiger charge is 2.23. The number of para-hydroxylation sites is 1. The molecule has 146 valence electrons. The van der Waals surface area contributed by atoms with Gasteiger partial charge in [0.25, 0.3) is 0 Å². The van der Waals surface area contributed by atoms with Gasteiger partial charge in [-0.05, 0) is 36.3 Å². The Bertz CT molecular complexity index is 571. The summed E-state index contributed by atoms with van der Waals surface area (Å²) >= 11 is 0. The lowest BCUT2D eigenvalue weighted by molar-refractivity contribution is -0.145. The van der Waals surface area contributed by atoms with Crippen LogP contribution in [0.4, 0.5) is 10.5 Å². The van der Waals surface area contributed by atoms with E-state index < -0.39 is 6.04 Å². The first-order valence-corrected chi connectivity index (χ1v) is 9.68. The van der Waals surface area contributed by atoms with Crippen molar-refractivity contribution in [3.05, 3.63) is 29.3 Å². The summed E-state index contributed by atoms with van der Waals surface area (Å²) in [6, 6.07) is 5.10. The first-order chi connectivity index (χ1) is 12.3. The number of ether oxygens (including phenoxy) is 1. The number of rotatable bonds is 9. The fourth-order valence-electron chi connectivity index (χ4n) is 2.90. The van der Waals surface area contributed by atoms with Gasteiger partial charge in [0.05, 0.1) is 6.61 Å². The lowest BCUT2D eigenvalue weighted by Crippen LogP contribution is -2.44. The van der Waals surface area contributed by atoms with Crippen LogP contribution >= 0.6 is 0 Å². The maximum absolute atomic E-state index is 12.6. The number of amides is 2. The molecule has 0 bridgehead atoms. The predicted octanol–water partition coefficient (Wildman–Crippen LogP) is 5.18. The maximum atomic E-state index is 12.6. The second-order valence-corrected chi connectivity index (χ2v) is 7.17. The van der Waals surface area contributed by atoms with Crippen molar-refractivity contribution >= 4 is 17.7 Å². The minimum absolute atomic E-state index is 0.282. The van der Waals surface area contributed by atoms with Crippen molar-refractivity contribution in [3.63, 3.8) is 0 Å². The molecule has 0 fully saturated rings. The molecule has 2 amide bonds. The van der Waals surface area contributed by atoms with Crippen molar-refractivity contribution in [3.8, 4) is 0 Å². The molecule has 26 heavy (non-hydrogen) atoms. The van der Waals surface area contributed by atoms with E-state index in [2.05, 4.69) is 45.3 Å². The van der Waals surface area contributed by atoms with Gasteiger partial charge in [-0.25, -0.2) is 9.59 Å². The average Bonchev–Trinajstić information content (AvgIpc) is 2.58. The first-order valence-electron chi connectivity index (χ1n) is 9.68. The molecule has 0 aliphatic carbocycles. The van der Waals surface area contributed by atoms with Crippen LogP contribution < -0.4 is 10.6 Å². The summed E-state index contributed by atoms with van der Waals surface area (Å²) in [6.07, 6.45) is 2.38. The first kappa shape index (κ1) is 22.0. The number of benzene rings is 1.